The van der Waals surface area contributed by atoms with E-state index in [4.69, 9.17) is 13.9 Å². The van der Waals surface area contributed by atoms with Gasteiger partial charge in [0.1, 0.15) is 17.1 Å². The number of hydrogen-bond donors (Lipinski definition) is 0. The van der Waals surface area contributed by atoms with Crippen LogP contribution >= 0.6 is 0 Å². The average Bonchev–Trinajstić information content (AvgIpc) is 2.96. The quantitative estimate of drug-likeness (QED) is 0.0617. The van der Waals surface area contributed by atoms with Crippen LogP contribution in [0.5, 0.6) is 11.5 Å². The number of esters is 1. The Hall–Kier alpha value is -3.63. The van der Waals surface area contributed by atoms with Crippen molar-refractivity contribution in [1.29, 1.82) is 0 Å². The van der Waals surface area contributed by atoms with Crippen molar-refractivity contribution in [2.24, 2.45) is 11.3 Å². The summed E-state index contributed by atoms with van der Waals surface area (Å²) in [4.78, 5) is 25.2. The number of carbonyl (C=O) groups excluding carboxylic acids is 1. The van der Waals surface area contributed by atoms with Crippen LogP contribution in [0.2, 0.25) is 0 Å². The number of halogens is 5. The Labute approximate surface area is 272 Å². The standard InChI is InChI=1S/C36H45F5O6/c1-6-8-9-12-24-13-16-27(31(21-24)47-36(39,40)41)28-22-25-14-15-26(23-30(25)46-32(28)42)44-19-10-17-35(37,38)18-11-20-45-33(43)29(7-2)34(3,4)5/h13-16,21-23,29H,6-12,17-20H2,1-5H3. The van der Waals surface area contributed by atoms with Gasteiger partial charge in [0.05, 0.1) is 24.7 Å². The van der Waals surface area contributed by atoms with Crippen molar-refractivity contribution in [2.75, 3.05) is 13.2 Å². The van der Waals surface area contributed by atoms with E-state index < -0.39 is 36.5 Å². The molecule has 1 atom stereocenters. The highest BCUT2D eigenvalue weighted by Gasteiger charge is 2.33. The van der Waals surface area contributed by atoms with Crippen molar-refractivity contribution in [3.63, 3.8) is 0 Å². The van der Waals surface area contributed by atoms with E-state index in [0.29, 0.717) is 23.8 Å². The first-order chi connectivity index (χ1) is 22.0. The van der Waals surface area contributed by atoms with Gasteiger partial charge in [-0.2, -0.15) is 0 Å². The second-order valence-electron chi connectivity index (χ2n) is 12.9. The van der Waals surface area contributed by atoms with Crippen LogP contribution in [-0.4, -0.2) is 31.5 Å². The van der Waals surface area contributed by atoms with Crippen molar-refractivity contribution < 1.29 is 45.4 Å². The lowest BCUT2D eigenvalue weighted by molar-refractivity contribution is -0.274. The van der Waals surface area contributed by atoms with E-state index in [-0.39, 0.29) is 65.8 Å². The fraction of sp³-hybridized carbons (Fsp3) is 0.556. The minimum atomic E-state index is -4.96. The van der Waals surface area contributed by atoms with Crippen LogP contribution in [0.25, 0.3) is 22.1 Å². The van der Waals surface area contributed by atoms with Gasteiger partial charge in [0.25, 0.3) is 0 Å². The molecule has 1 heterocycles. The Morgan fingerprint density at radius 3 is 2.19 bits per heavy atom. The van der Waals surface area contributed by atoms with Crippen LogP contribution in [0.15, 0.2) is 51.7 Å². The molecule has 11 heteroatoms. The Morgan fingerprint density at radius 2 is 1.55 bits per heavy atom. The van der Waals surface area contributed by atoms with Gasteiger partial charge in [-0.1, -0.05) is 59.6 Å². The fourth-order valence-electron chi connectivity index (χ4n) is 5.48. The molecule has 3 rings (SSSR count). The van der Waals surface area contributed by atoms with Crippen molar-refractivity contribution >= 4 is 16.9 Å². The molecule has 0 bridgehead atoms. The maximum absolute atomic E-state index is 14.4. The van der Waals surface area contributed by atoms with Gasteiger partial charge in [-0.25, -0.2) is 13.6 Å². The molecule has 1 aromatic heterocycles. The van der Waals surface area contributed by atoms with Crippen LogP contribution in [0, 0.1) is 11.3 Å². The number of fused-ring (bicyclic) bond motifs is 1. The summed E-state index contributed by atoms with van der Waals surface area (Å²) in [5.74, 6) is -3.83. The maximum atomic E-state index is 14.4. The lowest BCUT2D eigenvalue weighted by atomic mass is 9.79. The third kappa shape index (κ3) is 11.8. The number of unbranched alkanes of at least 4 members (excludes halogenated alkanes) is 2. The van der Waals surface area contributed by atoms with E-state index in [9.17, 15) is 31.5 Å². The molecule has 0 aliphatic carbocycles. The molecule has 3 aromatic rings. The second-order valence-corrected chi connectivity index (χ2v) is 12.9. The van der Waals surface area contributed by atoms with Gasteiger partial charge < -0.3 is 18.6 Å². The summed E-state index contributed by atoms with van der Waals surface area (Å²) in [6.07, 6.45) is -1.83. The molecular formula is C36H45F5O6. The highest BCUT2D eigenvalue weighted by molar-refractivity contribution is 5.84. The Kier molecular flexibility index (Phi) is 13.2. The van der Waals surface area contributed by atoms with E-state index in [1.807, 2.05) is 34.6 Å². The van der Waals surface area contributed by atoms with Gasteiger partial charge in [-0.15, -0.1) is 13.2 Å². The highest BCUT2D eigenvalue weighted by atomic mass is 19.4. The summed E-state index contributed by atoms with van der Waals surface area (Å²) in [7, 11) is 0. The summed E-state index contributed by atoms with van der Waals surface area (Å²) in [5, 5.41) is 0.428. The number of benzene rings is 2. The summed E-state index contributed by atoms with van der Waals surface area (Å²) in [6, 6.07) is 10.4. The maximum Gasteiger partial charge on any atom is 0.573 e. The van der Waals surface area contributed by atoms with Crippen LogP contribution < -0.4 is 15.1 Å². The minimum absolute atomic E-state index is 0.0229. The van der Waals surface area contributed by atoms with Gasteiger partial charge in [0, 0.05) is 29.9 Å². The fourth-order valence-corrected chi connectivity index (χ4v) is 5.48. The summed E-state index contributed by atoms with van der Waals surface area (Å²) in [6.45, 7) is 9.64. The van der Waals surface area contributed by atoms with Gasteiger partial charge in [-0.3, -0.25) is 4.79 Å². The van der Waals surface area contributed by atoms with E-state index in [1.165, 1.54) is 24.3 Å². The smallest absolute Gasteiger partial charge is 0.493 e. The zero-order chi connectivity index (χ0) is 34.8. The number of alkyl halides is 5. The lowest BCUT2D eigenvalue weighted by Crippen LogP contribution is -2.30. The zero-order valence-electron chi connectivity index (χ0n) is 27.7. The molecule has 0 radical (unpaired) electrons. The molecule has 0 N–H and O–H groups in total. The SMILES string of the molecule is CCCCCc1ccc(-c2cc3ccc(OCCCC(F)(F)CCCOC(=O)C(CC)C(C)(C)C)cc3oc2=O)c(OC(F)(F)F)c1. The molecule has 0 saturated carbocycles. The number of rotatable bonds is 17. The van der Waals surface area contributed by atoms with Crippen LogP contribution in [0.1, 0.15) is 91.5 Å². The minimum Gasteiger partial charge on any atom is -0.493 e. The molecule has 0 aliphatic rings. The molecule has 0 amide bonds. The van der Waals surface area contributed by atoms with Crippen molar-refractivity contribution in [1.82, 2.24) is 0 Å². The molecule has 1 unspecified atom stereocenters. The normalized spacial score (nSPS) is 13.1. The Bertz CT molecular complexity index is 1520. The second kappa shape index (κ2) is 16.5. The first-order valence-electron chi connectivity index (χ1n) is 16.2. The zero-order valence-corrected chi connectivity index (χ0v) is 27.7. The number of ether oxygens (including phenoxy) is 3. The Balaban J connectivity index is 1.59. The third-order valence-corrected chi connectivity index (χ3v) is 7.96. The van der Waals surface area contributed by atoms with E-state index >= 15 is 0 Å². The summed E-state index contributed by atoms with van der Waals surface area (Å²) >= 11 is 0. The van der Waals surface area contributed by atoms with Crippen LogP contribution in [0.4, 0.5) is 22.0 Å². The van der Waals surface area contributed by atoms with Gasteiger partial charge in [-0.05, 0) is 67.3 Å². The summed E-state index contributed by atoms with van der Waals surface area (Å²) < 4.78 is 89.1. The Morgan fingerprint density at radius 1 is 0.851 bits per heavy atom. The molecule has 47 heavy (non-hydrogen) atoms. The third-order valence-electron chi connectivity index (χ3n) is 7.96. The molecular weight excluding hydrogens is 623 g/mol. The predicted octanol–water partition coefficient (Wildman–Crippen LogP) is 10.3. The van der Waals surface area contributed by atoms with Gasteiger partial charge in [0.15, 0.2) is 0 Å². The van der Waals surface area contributed by atoms with Crippen molar-refractivity contribution in [3.8, 4) is 22.6 Å². The number of carbonyl (C=O) groups is 1. The van der Waals surface area contributed by atoms with Gasteiger partial charge >= 0.3 is 18.0 Å². The number of aryl methyl sites for hydroxylation is 1. The average molecular weight is 669 g/mol. The van der Waals surface area contributed by atoms with Gasteiger partial charge in [0.2, 0.25) is 5.92 Å². The van der Waals surface area contributed by atoms with E-state index in [0.717, 1.165) is 19.3 Å². The summed E-state index contributed by atoms with van der Waals surface area (Å²) in [5.41, 5.74) is -0.493. The van der Waals surface area contributed by atoms with Crippen LogP contribution in [-0.2, 0) is 16.0 Å². The first kappa shape index (κ1) is 37.8. The predicted molar refractivity (Wildman–Crippen MR) is 171 cm³/mol. The molecule has 0 spiro atoms. The molecule has 0 aliphatic heterocycles. The number of hydrogen-bond acceptors (Lipinski definition) is 6. The van der Waals surface area contributed by atoms with Crippen molar-refractivity contribution in [3.05, 3.63) is 58.4 Å². The topological polar surface area (TPSA) is 75.0 Å². The molecule has 2 aromatic carbocycles. The molecule has 0 fully saturated rings. The highest BCUT2D eigenvalue weighted by Crippen LogP contribution is 2.36. The molecule has 260 valence electrons. The van der Waals surface area contributed by atoms with Crippen LogP contribution in [0.3, 0.4) is 0 Å². The van der Waals surface area contributed by atoms with Crippen molar-refractivity contribution in [2.45, 2.75) is 105 Å². The lowest BCUT2D eigenvalue weighted by Gasteiger charge is -2.27. The van der Waals surface area contributed by atoms with E-state index in [1.54, 1.807) is 18.2 Å². The molecule has 0 saturated heterocycles. The first-order valence-corrected chi connectivity index (χ1v) is 16.2. The van der Waals surface area contributed by atoms with E-state index in [2.05, 4.69) is 4.74 Å². The largest absolute Gasteiger partial charge is 0.573 e. The monoisotopic (exact) mass is 668 g/mol. The molecule has 6 nitrogen and oxygen atoms in total.